The van der Waals surface area contributed by atoms with Crippen molar-refractivity contribution in [3.63, 3.8) is 0 Å². The van der Waals surface area contributed by atoms with Crippen LogP contribution < -0.4 is 5.32 Å². The highest BCUT2D eigenvalue weighted by Gasteiger charge is 2.20. The van der Waals surface area contributed by atoms with Crippen molar-refractivity contribution in [2.45, 2.75) is 32.0 Å². The van der Waals surface area contributed by atoms with Crippen molar-refractivity contribution in [2.24, 2.45) is 0 Å². The van der Waals surface area contributed by atoms with E-state index in [1.165, 1.54) is 16.7 Å². The van der Waals surface area contributed by atoms with Crippen molar-refractivity contribution in [1.82, 2.24) is 5.32 Å². The Labute approximate surface area is 124 Å². The van der Waals surface area contributed by atoms with Gasteiger partial charge < -0.3 is 10.4 Å². The Morgan fingerprint density at radius 3 is 2.45 bits per heavy atom. The smallest absolute Gasteiger partial charge is 0.0681 e. The van der Waals surface area contributed by atoms with E-state index in [2.05, 4.69) is 29.6 Å². The molecule has 2 aromatic carbocycles. The van der Waals surface area contributed by atoms with Crippen molar-refractivity contribution in [3.8, 4) is 0 Å². The number of nitrogens with one attached hydrogen (secondary N) is 1. The van der Waals surface area contributed by atoms with Crippen LogP contribution in [0.15, 0.2) is 42.5 Å². The number of benzene rings is 2. The Morgan fingerprint density at radius 2 is 1.70 bits per heavy atom. The number of aliphatic hydroxyl groups is 1. The minimum atomic E-state index is 0.104. The molecule has 0 saturated carbocycles. The molecular formula is C17H18ClNO. The molecule has 1 aliphatic rings. The van der Waals surface area contributed by atoms with Gasteiger partial charge >= 0.3 is 0 Å². The first-order valence-corrected chi connectivity index (χ1v) is 7.32. The molecule has 20 heavy (non-hydrogen) atoms. The van der Waals surface area contributed by atoms with Crippen LogP contribution in [0.5, 0.6) is 0 Å². The number of rotatable bonds is 4. The van der Waals surface area contributed by atoms with Gasteiger partial charge in [0.15, 0.2) is 0 Å². The molecule has 0 aromatic heterocycles. The van der Waals surface area contributed by atoms with Gasteiger partial charge in [0.25, 0.3) is 0 Å². The van der Waals surface area contributed by atoms with Gasteiger partial charge in [0.2, 0.25) is 0 Å². The van der Waals surface area contributed by atoms with Gasteiger partial charge in [-0.25, -0.2) is 0 Å². The minimum Gasteiger partial charge on any atom is -0.392 e. The van der Waals surface area contributed by atoms with Crippen LogP contribution in [0.4, 0.5) is 0 Å². The predicted octanol–water partition coefficient (Wildman–Crippen LogP) is 3.09. The van der Waals surface area contributed by atoms with Crippen LogP contribution in [0.25, 0.3) is 0 Å². The Balaban J connectivity index is 1.58. The van der Waals surface area contributed by atoms with Crippen molar-refractivity contribution in [3.05, 3.63) is 69.7 Å². The van der Waals surface area contributed by atoms with Gasteiger partial charge in [0.05, 0.1) is 6.61 Å². The summed E-state index contributed by atoms with van der Waals surface area (Å²) in [7, 11) is 0. The second-order valence-electron chi connectivity index (χ2n) is 5.37. The van der Waals surface area contributed by atoms with E-state index in [0.29, 0.717) is 6.04 Å². The topological polar surface area (TPSA) is 32.3 Å². The molecule has 3 heteroatoms. The molecule has 2 nitrogen and oxygen atoms in total. The van der Waals surface area contributed by atoms with Gasteiger partial charge in [-0.15, -0.1) is 0 Å². The Kier molecular flexibility index (Phi) is 4.06. The van der Waals surface area contributed by atoms with Crippen LogP contribution >= 0.6 is 11.6 Å². The molecule has 2 aromatic rings. The number of halogens is 1. The molecule has 0 radical (unpaired) electrons. The summed E-state index contributed by atoms with van der Waals surface area (Å²) in [6.07, 6.45) is 2.12. The molecule has 2 N–H and O–H groups in total. The standard InChI is InChI=1S/C17H18ClNO/c18-16-6-5-14-8-17(9-15(14)7-16)19-10-12-1-3-13(11-20)4-2-12/h1-7,17,19-20H,8-11H2. The predicted molar refractivity (Wildman–Crippen MR) is 81.9 cm³/mol. The number of fused-ring (bicyclic) bond motifs is 1. The zero-order valence-corrected chi connectivity index (χ0v) is 12.0. The first-order chi connectivity index (χ1) is 9.74. The first kappa shape index (κ1) is 13.6. The Hall–Kier alpha value is -1.35. The Bertz CT molecular complexity index is 594. The summed E-state index contributed by atoms with van der Waals surface area (Å²) in [5.74, 6) is 0. The van der Waals surface area contributed by atoms with Gasteiger partial charge in [-0.05, 0) is 47.2 Å². The van der Waals surface area contributed by atoms with Gasteiger partial charge in [-0.2, -0.15) is 0 Å². The summed E-state index contributed by atoms with van der Waals surface area (Å²) in [5, 5.41) is 13.4. The lowest BCUT2D eigenvalue weighted by Gasteiger charge is -2.12. The highest BCUT2D eigenvalue weighted by Crippen LogP contribution is 2.25. The van der Waals surface area contributed by atoms with E-state index in [4.69, 9.17) is 16.7 Å². The van der Waals surface area contributed by atoms with Crippen LogP contribution in [0.3, 0.4) is 0 Å². The quantitative estimate of drug-likeness (QED) is 0.906. The number of aliphatic hydroxyl groups excluding tert-OH is 1. The van der Waals surface area contributed by atoms with Crippen molar-refractivity contribution >= 4 is 11.6 Å². The maximum absolute atomic E-state index is 9.03. The Morgan fingerprint density at radius 1 is 1.00 bits per heavy atom. The molecule has 0 saturated heterocycles. The van der Waals surface area contributed by atoms with Crippen molar-refractivity contribution in [2.75, 3.05) is 0 Å². The molecule has 0 bridgehead atoms. The molecule has 0 heterocycles. The fourth-order valence-electron chi connectivity index (χ4n) is 2.76. The van der Waals surface area contributed by atoms with E-state index in [1.54, 1.807) is 0 Å². The van der Waals surface area contributed by atoms with Crippen molar-refractivity contribution in [1.29, 1.82) is 0 Å². The van der Waals surface area contributed by atoms with Crippen molar-refractivity contribution < 1.29 is 5.11 Å². The second-order valence-corrected chi connectivity index (χ2v) is 5.81. The van der Waals surface area contributed by atoms with E-state index >= 15 is 0 Å². The third-order valence-electron chi connectivity index (χ3n) is 3.90. The minimum absolute atomic E-state index is 0.104. The lowest BCUT2D eigenvalue weighted by Crippen LogP contribution is -2.28. The van der Waals surface area contributed by atoms with Crippen LogP contribution in [0.2, 0.25) is 5.02 Å². The van der Waals surface area contributed by atoms with Gasteiger partial charge in [-0.3, -0.25) is 0 Å². The van der Waals surface area contributed by atoms with E-state index in [1.807, 2.05) is 18.2 Å². The summed E-state index contributed by atoms with van der Waals surface area (Å²) in [4.78, 5) is 0. The molecule has 0 fully saturated rings. The maximum Gasteiger partial charge on any atom is 0.0681 e. The average Bonchev–Trinajstić information content (AvgIpc) is 2.87. The normalized spacial score (nSPS) is 17.2. The third kappa shape index (κ3) is 3.04. The van der Waals surface area contributed by atoms with E-state index < -0.39 is 0 Å². The fraction of sp³-hybridized carbons (Fsp3) is 0.294. The molecule has 1 atom stereocenters. The largest absolute Gasteiger partial charge is 0.392 e. The highest BCUT2D eigenvalue weighted by atomic mass is 35.5. The summed E-state index contributed by atoms with van der Waals surface area (Å²) < 4.78 is 0. The lowest BCUT2D eigenvalue weighted by molar-refractivity contribution is 0.282. The van der Waals surface area contributed by atoms with E-state index in [-0.39, 0.29) is 6.61 Å². The highest BCUT2D eigenvalue weighted by molar-refractivity contribution is 6.30. The monoisotopic (exact) mass is 287 g/mol. The van der Waals surface area contributed by atoms with E-state index in [9.17, 15) is 0 Å². The first-order valence-electron chi connectivity index (χ1n) is 6.94. The van der Waals surface area contributed by atoms with Gasteiger partial charge in [-0.1, -0.05) is 41.9 Å². The van der Waals surface area contributed by atoms with E-state index in [0.717, 1.165) is 30.0 Å². The molecule has 1 aliphatic carbocycles. The second kappa shape index (κ2) is 5.96. The van der Waals surface area contributed by atoms with Crippen LogP contribution in [0.1, 0.15) is 22.3 Å². The third-order valence-corrected chi connectivity index (χ3v) is 4.14. The molecule has 104 valence electrons. The molecule has 1 unspecified atom stereocenters. The van der Waals surface area contributed by atoms with Crippen LogP contribution in [0, 0.1) is 0 Å². The summed E-state index contributed by atoms with van der Waals surface area (Å²) in [6.45, 7) is 0.963. The average molecular weight is 288 g/mol. The maximum atomic E-state index is 9.03. The van der Waals surface area contributed by atoms with Crippen LogP contribution in [-0.4, -0.2) is 11.1 Å². The lowest BCUT2D eigenvalue weighted by atomic mass is 10.1. The molecule has 0 amide bonds. The van der Waals surface area contributed by atoms with Gasteiger partial charge in [0, 0.05) is 17.6 Å². The zero-order chi connectivity index (χ0) is 13.9. The SMILES string of the molecule is OCc1ccc(CNC2Cc3ccc(Cl)cc3C2)cc1. The van der Waals surface area contributed by atoms with Crippen LogP contribution in [-0.2, 0) is 26.0 Å². The molecule has 0 spiro atoms. The van der Waals surface area contributed by atoms with Gasteiger partial charge in [0.1, 0.15) is 0 Å². The number of hydrogen-bond donors (Lipinski definition) is 2. The summed E-state index contributed by atoms with van der Waals surface area (Å²) in [6, 6.07) is 14.7. The molecular weight excluding hydrogens is 270 g/mol. The molecule has 0 aliphatic heterocycles. The zero-order valence-electron chi connectivity index (χ0n) is 11.3. The molecule has 3 rings (SSSR count). The summed E-state index contributed by atoms with van der Waals surface area (Å²) in [5.41, 5.74) is 4.97. The fourth-order valence-corrected chi connectivity index (χ4v) is 2.95. The summed E-state index contributed by atoms with van der Waals surface area (Å²) >= 11 is 6.03. The number of hydrogen-bond acceptors (Lipinski definition) is 2.